The Kier molecular flexibility index (Phi) is 7.11. The lowest BCUT2D eigenvalue weighted by molar-refractivity contribution is 0.0863. The SMILES string of the molecule is CC1CCN(C(CNC(=O)c2cc(S(C)(=O)=O)ccc2Cl)C(C)C)CC1. The topological polar surface area (TPSA) is 66.5 Å². The molecule has 1 aliphatic rings. The number of benzene rings is 1. The van der Waals surface area contributed by atoms with E-state index < -0.39 is 9.84 Å². The molecule has 26 heavy (non-hydrogen) atoms. The Morgan fingerprint density at radius 2 is 1.92 bits per heavy atom. The van der Waals surface area contributed by atoms with Crippen LogP contribution in [0.3, 0.4) is 0 Å². The number of rotatable bonds is 6. The zero-order valence-corrected chi connectivity index (χ0v) is 17.5. The molecule has 1 aromatic carbocycles. The molecule has 1 unspecified atom stereocenters. The Bertz CT molecular complexity index is 741. The molecule has 0 saturated carbocycles. The predicted octanol–water partition coefficient (Wildman–Crippen LogP) is 3.23. The molecule has 146 valence electrons. The number of nitrogens with one attached hydrogen (secondary N) is 1. The number of halogens is 1. The summed E-state index contributed by atoms with van der Waals surface area (Å²) in [5.41, 5.74) is 0.198. The molecule has 0 aliphatic carbocycles. The highest BCUT2D eigenvalue weighted by Crippen LogP contribution is 2.22. The van der Waals surface area contributed by atoms with E-state index in [2.05, 4.69) is 31.0 Å². The molecule has 0 spiro atoms. The van der Waals surface area contributed by atoms with Gasteiger partial charge in [0.05, 0.1) is 15.5 Å². The standard InChI is InChI=1S/C19H29ClN2O3S/c1-13(2)18(22-9-7-14(3)8-10-22)12-21-19(23)16-11-15(26(4,24)25)5-6-17(16)20/h5-6,11,13-14,18H,7-10,12H2,1-4H3,(H,21,23). The Balaban J connectivity index is 2.09. The highest BCUT2D eigenvalue weighted by atomic mass is 35.5. The normalized spacial score (nSPS) is 18.1. The first kappa shape index (κ1) is 21.2. The van der Waals surface area contributed by atoms with Gasteiger partial charge in [-0.2, -0.15) is 0 Å². The molecule has 0 radical (unpaired) electrons. The molecule has 1 heterocycles. The van der Waals surface area contributed by atoms with Crippen LogP contribution in [0.2, 0.25) is 5.02 Å². The molecule has 7 heteroatoms. The van der Waals surface area contributed by atoms with Crippen molar-refractivity contribution in [2.24, 2.45) is 11.8 Å². The van der Waals surface area contributed by atoms with E-state index >= 15 is 0 Å². The van der Waals surface area contributed by atoms with Gasteiger partial charge in [0, 0.05) is 18.8 Å². The van der Waals surface area contributed by atoms with Crippen molar-refractivity contribution in [1.29, 1.82) is 0 Å². The van der Waals surface area contributed by atoms with Crippen LogP contribution in [0, 0.1) is 11.8 Å². The fourth-order valence-electron chi connectivity index (χ4n) is 3.35. The summed E-state index contributed by atoms with van der Waals surface area (Å²) in [6.45, 7) is 9.21. The summed E-state index contributed by atoms with van der Waals surface area (Å²) in [5.74, 6) is 0.823. The molecule has 0 bridgehead atoms. The second-order valence-electron chi connectivity index (χ2n) is 7.65. The molecule has 1 atom stereocenters. The Hall–Kier alpha value is -1.11. The van der Waals surface area contributed by atoms with Gasteiger partial charge in [-0.3, -0.25) is 9.69 Å². The summed E-state index contributed by atoms with van der Waals surface area (Å²) >= 11 is 6.12. The molecule has 1 fully saturated rings. The van der Waals surface area contributed by atoms with Gasteiger partial charge in [0.2, 0.25) is 0 Å². The van der Waals surface area contributed by atoms with Gasteiger partial charge in [0.25, 0.3) is 5.91 Å². The van der Waals surface area contributed by atoms with Gasteiger partial charge in [-0.15, -0.1) is 0 Å². The minimum Gasteiger partial charge on any atom is -0.350 e. The Morgan fingerprint density at radius 1 is 1.31 bits per heavy atom. The molecule has 1 N–H and O–H groups in total. The van der Waals surface area contributed by atoms with Gasteiger partial charge in [-0.1, -0.05) is 32.4 Å². The fourth-order valence-corrected chi connectivity index (χ4v) is 4.20. The first-order valence-corrected chi connectivity index (χ1v) is 11.4. The van der Waals surface area contributed by atoms with Gasteiger partial charge in [-0.25, -0.2) is 8.42 Å². The van der Waals surface area contributed by atoms with Crippen LogP contribution < -0.4 is 5.32 Å². The van der Waals surface area contributed by atoms with Crippen molar-refractivity contribution in [3.63, 3.8) is 0 Å². The van der Waals surface area contributed by atoms with Crippen molar-refractivity contribution < 1.29 is 13.2 Å². The van der Waals surface area contributed by atoms with E-state index in [1.54, 1.807) is 0 Å². The van der Waals surface area contributed by atoms with Crippen molar-refractivity contribution in [3.05, 3.63) is 28.8 Å². The van der Waals surface area contributed by atoms with Crippen LogP contribution in [-0.4, -0.2) is 51.2 Å². The summed E-state index contributed by atoms with van der Waals surface area (Å²) in [7, 11) is -3.39. The molecule has 1 aliphatic heterocycles. The van der Waals surface area contributed by atoms with Crippen LogP contribution in [0.4, 0.5) is 0 Å². The van der Waals surface area contributed by atoms with E-state index in [4.69, 9.17) is 11.6 Å². The fraction of sp³-hybridized carbons (Fsp3) is 0.632. The zero-order valence-electron chi connectivity index (χ0n) is 16.0. The highest BCUT2D eigenvalue weighted by Gasteiger charge is 2.26. The van der Waals surface area contributed by atoms with E-state index in [1.807, 2.05) is 0 Å². The van der Waals surface area contributed by atoms with E-state index in [0.29, 0.717) is 12.5 Å². The molecule has 0 aromatic heterocycles. The van der Waals surface area contributed by atoms with Crippen LogP contribution in [-0.2, 0) is 9.84 Å². The van der Waals surface area contributed by atoms with Crippen molar-refractivity contribution >= 4 is 27.3 Å². The predicted molar refractivity (Wildman–Crippen MR) is 105 cm³/mol. The van der Waals surface area contributed by atoms with E-state index in [1.165, 1.54) is 31.0 Å². The number of hydrogen-bond acceptors (Lipinski definition) is 4. The zero-order chi connectivity index (χ0) is 19.5. The molecular formula is C19H29ClN2O3S. The third-order valence-corrected chi connectivity index (χ3v) is 6.58. The van der Waals surface area contributed by atoms with Crippen molar-refractivity contribution in [2.75, 3.05) is 25.9 Å². The van der Waals surface area contributed by atoms with E-state index in [-0.39, 0.29) is 27.4 Å². The first-order chi connectivity index (χ1) is 12.1. The van der Waals surface area contributed by atoms with Crippen molar-refractivity contribution in [2.45, 2.75) is 44.6 Å². The summed E-state index contributed by atoms with van der Waals surface area (Å²) in [6.07, 6.45) is 3.48. The van der Waals surface area contributed by atoms with Crippen LogP contribution >= 0.6 is 11.6 Å². The van der Waals surface area contributed by atoms with Crippen LogP contribution in [0.15, 0.2) is 23.1 Å². The number of carbonyl (C=O) groups excluding carboxylic acids is 1. The summed E-state index contributed by atoms with van der Waals surface area (Å²) < 4.78 is 23.5. The molecule has 5 nitrogen and oxygen atoms in total. The van der Waals surface area contributed by atoms with Gasteiger partial charge >= 0.3 is 0 Å². The Morgan fingerprint density at radius 3 is 2.46 bits per heavy atom. The number of carbonyl (C=O) groups is 1. The van der Waals surface area contributed by atoms with Crippen molar-refractivity contribution in [1.82, 2.24) is 10.2 Å². The quantitative estimate of drug-likeness (QED) is 0.796. The minimum absolute atomic E-state index is 0.0949. The minimum atomic E-state index is -3.39. The number of hydrogen-bond donors (Lipinski definition) is 1. The smallest absolute Gasteiger partial charge is 0.252 e. The second-order valence-corrected chi connectivity index (χ2v) is 10.1. The number of nitrogens with zero attached hydrogens (tertiary/aromatic N) is 1. The lowest BCUT2D eigenvalue weighted by Gasteiger charge is -2.38. The number of piperidine rings is 1. The average Bonchev–Trinajstić information content (AvgIpc) is 2.55. The van der Waals surface area contributed by atoms with Crippen LogP contribution in [0.25, 0.3) is 0 Å². The summed E-state index contributed by atoms with van der Waals surface area (Å²) in [4.78, 5) is 15.1. The number of sulfone groups is 1. The maximum Gasteiger partial charge on any atom is 0.252 e. The highest BCUT2D eigenvalue weighted by molar-refractivity contribution is 7.90. The van der Waals surface area contributed by atoms with Crippen molar-refractivity contribution in [3.8, 4) is 0 Å². The molecular weight excluding hydrogens is 372 g/mol. The maximum atomic E-state index is 12.6. The third-order valence-electron chi connectivity index (χ3n) is 5.14. The van der Waals surface area contributed by atoms with Crippen LogP contribution in [0.5, 0.6) is 0 Å². The summed E-state index contributed by atoms with van der Waals surface area (Å²) in [5, 5.41) is 3.20. The second kappa shape index (κ2) is 8.72. The van der Waals surface area contributed by atoms with Gasteiger partial charge < -0.3 is 5.32 Å². The summed E-state index contributed by atoms with van der Waals surface area (Å²) in [6, 6.07) is 4.47. The van der Waals surface area contributed by atoms with Gasteiger partial charge in [-0.05, 0) is 56.0 Å². The molecule has 1 aromatic rings. The largest absolute Gasteiger partial charge is 0.350 e. The first-order valence-electron chi connectivity index (χ1n) is 9.11. The van der Waals surface area contributed by atoms with Gasteiger partial charge in [0.15, 0.2) is 9.84 Å². The molecule has 2 rings (SSSR count). The van der Waals surface area contributed by atoms with Gasteiger partial charge in [0.1, 0.15) is 0 Å². The molecule has 1 saturated heterocycles. The lowest BCUT2D eigenvalue weighted by atomic mass is 9.94. The van der Waals surface area contributed by atoms with E-state index in [0.717, 1.165) is 25.3 Å². The molecule has 1 amide bonds. The van der Waals surface area contributed by atoms with Crippen LogP contribution in [0.1, 0.15) is 44.0 Å². The Labute approximate surface area is 162 Å². The number of amides is 1. The average molecular weight is 401 g/mol. The number of likely N-dealkylation sites (tertiary alicyclic amines) is 1. The third kappa shape index (κ3) is 5.44. The monoisotopic (exact) mass is 400 g/mol. The maximum absolute atomic E-state index is 12.6. The van der Waals surface area contributed by atoms with E-state index in [9.17, 15) is 13.2 Å². The lowest BCUT2D eigenvalue weighted by Crippen LogP contribution is -2.49.